The van der Waals surface area contributed by atoms with E-state index >= 15 is 0 Å². The normalized spacial score (nSPS) is 11.4. The molecule has 0 atom stereocenters. The van der Waals surface area contributed by atoms with E-state index in [2.05, 4.69) is 15.3 Å². The van der Waals surface area contributed by atoms with Gasteiger partial charge in [-0.2, -0.15) is 13.2 Å². The van der Waals surface area contributed by atoms with Gasteiger partial charge in [-0.05, 0) is 48.5 Å². The predicted molar refractivity (Wildman–Crippen MR) is 102 cm³/mol. The van der Waals surface area contributed by atoms with Gasteiger partial charge in [0, 0.05) is 35.1 Å². The second-order valence-electron chi connectivity index (χ2n) is 6.21. The van der Waals surface area contributed by atoms with Gasteiger partial charge < -0.3 is 15.0 Å². The SMILES string of the molecule is O=C(Nc1ccc(C(F)(F)F)cc1)c1ccc(Oc2cccc3[nH]ccc23)nc1. The van der Waals surface area contributed by atoms with E-state index in [0.717, 1.165) is 23.0 Å². The van der Waals surface area contributed by atoms with Gasteiger partial charge in [0.2, 0.25) is 5.88 Å². The first kappa shape index (κ1) is 18.5. The first-order valence-corrected chi connectivity index (χ1v) is 8.59. The molecule has 2 aromatic heterocycles. The Morgan fingerprint density at radius 1 is 1.00 bits per heavy atom. The predicted octanol–water partition coefficient (Wildman–Crippen LogP) is 5.63. The molecule has 0 bridgehead atoms. The number of hydrogen-bond acceptors (Lipinski definition) is 3. The van der Waals surface area contributed by atoms with E-state index in [1.807, 2.05) is 24.3 Å². The lowest BCUT2D eigenvalue weighted by Crippen LogP contribution is -2.12. The number of nitrogens with one attached hydrogen (secondary N) is 2. The topological polar surface area (TPSA) is 67.0 Å². The standard InChI is InChI=1S/C21H14F3N3O2/c22-21(23,24)14-5-7-15(8-6-14)27-20(28)13-4-9-19(26-12-13)29-18-3-1-2-17-16(18)10-11-25-17/h1-12,25H,(H,27,28). The number of aromatic amines is 1. The number of hydrogen-bond donors (Lipinski definition) is 2. The molecule has 0 spiro atoms. The van der Waals surface area contributed by atoms with Crippen molar-refractivity contribution >= 4 is 22.5 Å². The number of aromatic nitrogens is 2. The lowest BCUT2D eigenvalue weighted by atomic mass is 10.2. The van der Waals surface area contributed by atoms with Gasteiger partial charge in [0.15, 0.2) is 0 Å². The number of nitrogens with zero attached hydrogens (tertiary/aromatic N) is 1. The lowest BCUT2D eigenvalue weighted by Gasteiger charge is -2.09. The average molecular weight is 397 g/mol. The van der Waals surface area contributed by atoms with Crippen molar-refractivity contribution in [3.63, 3.8) is 0 Å². The molecule has 2 aromatic carbocycles. The van der Waals surface area contributed by atoms with E-state index in [1.54, 1.807) is 12.3 Å². The van der Waals surface area contributed by atoms with Crippen LogP contribution >= 0.6 is 0 Å². The van der Waals surface area contributed by atoms with Crippen LogP contribution < -0.4 is 10.1 Å². The minimum absolute atomic E-state index is 0.247. The van der Waals surface area contributed by atoms with Gasteiger partial charge in [0.25, 0.3) is 5.91 Å². The van der Waals surface area contributed by atoms with Crippen LogP contribution in [0.2, 0.25) is 0 Å². The molecule has 5 nitrogen and oxygen atoms in total. The number of carbonyl (C=O) groups is 1. The zero-order valence-electron chi connectivity index (χ0n) is 14.8. The highest BCUT2D eigenvalue weighted by atomic mass is 19.4. The van der Waals surface area contributed by atoms with E-state index < -0.39 is 17.6 Å². The van der Waals surface area contributed by atoms with E-state index in [4.69, 9.17) is 4.74 Å². The molecule has 0 saturated heterocycles. The number of pyridine rings is 1. The zero-order chi connectivity index (χ0) is 20.4. The first-order chi connectivity index (χ1) is 13.9. The molecule has 0 saturated carbocycles. The summed E-state index contributed by atoms with van der Waals surface area (Å²) >= 11 is 0. The summed E-state index contributed by atoms with van der Waals surface area (Å²) in [4.78, 5) is 19.5. The van der Waals surface area contributed by atoms with Crippen molar-refractivity contribution in [3.8, 4) is 11.6 Å². The number of carbonyl (C=O) groups excluding carboxylic acids is 1. The number of fused-ring (bicyclic) bond motifs is 1. The number of anilines is 1. The maximum absolute atomic E-state index is 12.6. The van der Waals surface area contributed by atoms with Crippen molar-refractivity contribution in [3.05, 3.63) is 84.2 Å². The second-order valence-corrected chi connectivity index (χ2v) is 6.21. The number of benzene rings is 2. The fraction of sp³-hybridized carbons (Fsp3) is 0.0476. The van der Waals surface area contributed by atoms with E-state index in [0.29, 0.717) is 11.6 Å². The molecule has 2 N–H and O–H groups in total. The molecule has 146 valence electrons. The molecule has 29 heavy (non-hydrogen) atoms. The third-order valence-corrected chi connectivity index (χ3v) is 4.24. The third kappa shape index (κ3) is 4.06. The van der Waals surface area contributed by atoms with Crippen LogP contribution in [-0.2, 0) is 6.18 Å². The third-order valence-electron chi connectivity index (χ3n) is 4.24. The van der Waals surface area contributed by atoms with Crippen LogP contribution in [0.4, 0.5) is 18.9 Å². The summed E-state index contributed by atoms with van der Waals surface area (Å²) in [6.07, 6.45) is -1.28. The van der Waals surface area contributed by atoms with Crippen molar-refractivity contribution in [2.24, 2.45) is 0 Å². The molecule has 0 aliphatic rings. The summed E-state index contributed by atoms with van der Waals surface area (Å²) < 4.78 is 43.6. The van der Waals surface area contributed by atoms with Crippen LogP contribution in [0.25, 0.3) is 10.9 Å². The number of amides is 1. The minimum Gasteiger partial charge on any atom is -0.438 e. The van der Waals surface area contributed by atoms with Gasteiger partial charge in [0.05, 0.1) is 11.1 Å². The highest BCUT2D eigenvalue weighted by Crippen LogP contribution is 2.30. The van der Waals surface area contributed by atoms with Crippen LogP contribution in [0, 0.1) is 0 Å². The van der Waals surface area contributed by atoms with Crippen molar-refractivity contribution < 1.29 is 22.7 Å². The Hall–Kier alpha value is -3.81. The number of halogens is 3. The summed E-state index contributed by atoms with van der Waals surface area (Å²) in [5.74, 6) is 0.444. The molecule has 1 amide bonds. The second kappa shape index (κ2) is 7.31. The van der Waals surface area contributed by atoms with Crippen molar-refractivity contribution in [2.45, 2.75) is 6.18 Å². The molecule has 0 unspecified atom stereocenters. The van der Waals surface area contributed by atoms with Gasteiger partial charge in [-0.1, -0.05) is 6.07 Å². The summed E-state index contributed by atoms with van der Waals surface area (Å²) in [6.45, 7) is 0. The fourth-order valence-corrected chi connectivity index (χ4v) is 2.78. The van der Waals surface area contributed by atoms with Gasteiger partial charge in [0.1, 0.15) is 5.75 Å². The number of ether oxygens (including phenoxy) is 1. The van der Waals surface area contributed by atoms with E-state index in [1.165, 1.54) is 24.4 Å². The molecule has 4 rings (SSSR count). The molecular weight excluding hydrogens is 383 g/mol. The van der Waals surface area contributed by atoms with E-state index in [-0.39, 0.29) is 11.3 Å². The minimum atomic E-state index is -4.42. The van der Waals surface area contributed by atoms with Crippen molar-refractivity contribution in [1.29, 1.82) is 0 Å². The Morgan fingerprint density at radius 2 is 1.79 bits per heavy atom. The number of alkyl halides is 3. The largest absolute Gasteiger partial charge is 0.438 e. The molecule has 8 heteroatoms. The Morgan fingerprint density at radius 3 is 2.48 bits per heavy atom. The molecule has 0 radical (unpaired) electrons. The van der Waals surface area contributed by atoms with Crippen molar-refractivity contribution in [2.75, 3.05) is 5.32 Å². The smallest absolute Gasteiger partial charge is 0.416 e. The van der Waals surface area contributed by atoms with Crippen LogP contribution in [0.3, 0.4) is 0 Å². The highest BCUT2D eigenvalue weighted by Gasteiger charge is 2.30. The van der Waals surface area contributed by atoms with Gasteiger partial charge in [-0.15, -0.1) is 0 Å². The van der Waals surface area contributed by atoms with Crippen LogP contribution in [0.15, 0.2) is 73.1 Å². The zero-order valence-corrected chi connectivity index (χ0v) is 14.8. The van der Waals surface area contributed by atoms with Crippen molar-refractivity contribution in [1.82, 2.24) is 9.97 Å². The summed E-state index contributed by atoms with van der Waals surface area (Å²) in [5, 5.41) is 3.44. The molecule has 0 aliphatic heterocycles. The Labute approximate surface area is 163 Å². The fourth-order valence-electron chi connectivity index (χ4n) is 2.78. The maximum atomic E-state index is 12.6. The monoisotopic (exact) mass is 397 g/mol. The summed E-state index contributed by atoms with van der Waals surface area (Å²) in [6, 6.07) is 14.8. The number of rotatable bonds is 4. The Balaban J connectivity index is 1.45. The molecule has 0 fully saturated rings. The molecule has 0 aliphatic carbocycles. The Bertz CT molecular complexity index is 1150. The maximum Gasteiger partial charge on any atom is 0.416 e. The van der Waals surface area contributed by atoms with Crippen LogP contribution in [-0.4, -0.2) is 15.9 Å². The first-order valence-electron chi connectivity index (χ1n) is 8.59. The summed E-state index contributed by atoms with van der Waals surface area (Å²) in [7, 11) is 0. The quantitative estimate of drug-likeness (QED) is 0.469. The van der Waals surface area contributed by atoms with Gasteiger partial charge in [-0.25, -0.2) is 4.98 Å². The van der Waals surface area contributed by atoms with Crippen LogP contribution in [0.1, 0.15) is 15.9 Å². The average Bonchev–Trinajstić information content (AvgIpc) is 3.18. The molecular formula is C21H14F3N3O2. The number of H-pyrrole nitrogens is 1. The summed E-state index contributed by atoms with van der Waals surface area (Å²) in [5.41, 5.74) is 0.644. The Kier molecular flexibility index (Phi) is 4.67. The lowest BCUT2D eigenvalue weighted by molar-refractivity contribution is -0.137. The molecule has 4 aromatic rings. The van der Waals surface area contributed by atoms with Crippen LogP contribution in [0.5, 0.6) is 11.6 Å². The molecule has 2 heterocycles. The highest BCUT2D eigenvalue weighted by molar-refractivity contribution is 6.04. The van der Waals surface area contributed by atoms with Gasteiger partial charge in [-0.3, -0.25) is 4.79 Å². The van der Waals surface area contributed by atoms with E-state index in [9.17, 15) is 18.0 Å². The van der Waals surface area contributed by atoms with Gasteiger partial charge >= 0.3 is 6.18 Å².